The van der Waals surface area contributed by atoms with Crippen LogP contribution >= 0.6 is 0 Å². The molecule has 20 heteroatoms. The number of aliphatic hydroxyl groups is 1. The maximum Gasteiger partial charge on any atom is 0.329 e. The van der Waals surface area contributed by atoms with E-state index in [0.29, 0.717) is 18.4 Å². The fourth-order valence-electron chi connectivity index (χ4n) is 7.87. The Hall–Kier alpha value is -5.79. The lowest BCUT2D eigenvalue weighted by atomic mass is 9.91. The zero-order valence-corrected chi connectivity index (χ0v) is 39.9. The molecule has 0 radical (unpaired) electrons. The number of aliphatic hydroxyl groups excluding tert-OH is 1. The minimum Gasteiger partial charge on any atom is -0.508 e. The highest BCUT2D eigenvalue weighted by Crippen LogP contribution is 2.28. The summed E-state index contributed by atoms with van der Waals surface area (Å²) in [6.45, 7) is 15.0. The van der Waals surface area contributed by atoms with Crippen LogP contribution in [0.4, 0.5) is 0 Å². The van der Waals surface area contributed by atoms with Gasteiger partial charge in [0.05, 0.1) is 0 Å². The highest BCUT2D eigenvalue weighted by Gasteiger charge is 2.47. The molecule has 2 fully saturated rings. The van der Waals surface area contributed by atoms with Gasteiger partial charge in [0.2, 0.25) is 47.3 Å². The normalized spacial score (nSPS) is 26.4. The van der Waals surface area contributed by atoms with Crippen LogP contribution in [0.25, 0.3) is 0 Å². The molecule has 1 aromatic carbocycles. The number of piperidine rings is 1. The van der Waals surface area contributed by atoms with Crippen LogP contribution in [-0.2, 0) is 54.3 Å². The number of fused-ring (bicyclic) bond motifs is 2. The molecule has 0 saturated carbocycles. The monoisotopic (exact) mass is 929 g/mol. The Kier molecular flexibility index (Phi) is 20.4. The zero-order chi connectivity index (χ0) is 49.7. The number of nitrogens with one attached hydrogen (secondary N) is 5. The quantitative estimate of drug-likeness (QED) is 0.112. The van der Waals surface area contributed by atoms with Gasteiger partial charge in [0, 0.05) is 25.8 Å². The number of nitrogens with two attached hydrogens (primary N) is 1. The molecule has 3 rings (SSSR count). The second-order valence-corrected chi connectivity index (χ2v) is 18.4. The smallest absolute Gasteiger partial charge is 0.329 e. The number of amides is 8. The summed E-state index contributed by atoms with van der Waals surface area (Å²) >= 11 is 0. The lowest BCUT2D eigenvalue weighted by Gasteiger charge is -2.44. The number of ether oxygens (including phenoxy) is 1. The van der Waals surface area contributed by atoms with Crippen molar-refractivity contribution in [3.63, 3.8) is 0 Å². The van der Waals surface area contributed by atoms with Crippen LogP contribution in [0.2, 0.25) is 0 Å². The fourth-order valence-corrected chi connectivity index (χ4v) is 7.87. The van der Waals surface area contributed by atoms with Gasteiger partial charge in [-0.05, 0) is 68.1 Å². The molecule has 0 aliphatic carbocycles. The number of esters is 1. The van der Waals surface area contributed by atoms with Crippen LogP contribution in [0.15, 0.2) is 24.3 Å². The number of carbonyl (C=O) groups is 9. The highest BCUT2D eigenvalue weighted by atomic mass is 16.5. The van der Waals surface area contributed by atoms with Gasteiger partial charge in [-0.25, -0.2) is 4.79 Å². The Bertz CT molecular complexity index is 1910. The van der Waals surface area contributed by atoms with Crippen LogP contribution in [0.3, 0.4) is 0 Å². The topological polar surface area (TPSA) is 296 Å². The maximum atomic E-state index is 14.9. The third-order valence-electron chi connectivity index (χ3n) is 12.4. The molecule has 0 spiro atoms. The molecule has 1 unspecified atom stereocenters. The van der Waals surface area contributed by atoms with Crippen molar-refractivity contribution in [2.45, 2.75) is 168 Å². The van der Waals surface area contributed by atoms with Crippen LogP contribution < -0.4 is 32.3 Å². The van der Waals surface area contributed by atoms with Gasteiger partial charge in [-0.15, -0.1) is 0 Å². The first-order valence-electron chi connectivity index (χ1n) is 23.0. The van der Waals surface area contributed by atoms with E-state index in [4.69, 9.17) is 10.5 Å². The predicted molar refractivity (Wildman–Crippen MR) is 241 cm³/mol. The Balaban J connectivity index is 2.27. The molecule has 20 nitrogen and oxygen atoms in total. The van der Waals surface area contributed by atoms with Gasteiger partial charge >= 0.3 is 5.97 Å². The number of hydrogen-bond acceptors (Lipinski definition) is 12. The van der Waals surface area contributed by atoms with Crippen molar-refractivity contribution >= 4 is 53.2 Å². The summed E-state index contributed by atoms with van der Waals surface area (Å²) < 4.78 is 5.91. The van der Waals surface area contributed by atoms with E-state index in [1.807, 2.05) is 0 Å². The van der Waals surface area contributed by atoms with Crippen LogP contribution in [0.1, 0.15) is 113 Å². The summed E-state index contributed by atoms with van der Waals surface area (Å²) in [6.07, 6.45) is -2.95. The molecule has 66 heavy (non-hydrogen) atoms. The van der Waals surface area contributed by atoms with E-state index >= 15 is 0 Å². The standard InChI is InChI=1S/C46H72N8O12/c1-11-25(7)36-46(65)66-27(9)37(52-40(59)30(17-19-34(47)56)48-39(58)24(5)6)43(62)50-32(21-23(3)4)41(60)49-31-18-20-35(57)54(44(31)63)38(26(8)12-2)45(64)53(10)33(42(61)51-36)22-28-13-15-29(55)16-14-28/h13-16,23-27,30-33,35-38,55,57H,11-12,17-22H2,1-10H3,(H2,47,56)(H,48,58)(H,49,60)(H,50,62)(H,51,61)(H,52,59)/t25-,26-,27+,30?,31-,32-,33-,35+,36-,37-,38-/m0/s1. The number of benzene rings is 1. The third kappa shape index (κ3) is 14.6. The first kappa shape index (κ1) is 54.5. The summed E-state index contributed by atoms with van der Waals surface area (Å²) in [5, 5.41) is 34.7. The van der Waals surface area contributed by atoms with Gasteiger partial charge in [-0.1, -0.05) is 80.4 Å². The summed E-state index contributed by atoms with van der Waals surface area (Å²) in [5.74, 6) is -9.27. The minimum atomic E-state index is -1.74. The van der Waals surface area contributed by atoms with Crippen molar-refractivity contribution in [3.8, 4) is 5.75 Å². The molecule has 2 aliphatic heterocycles. The fraction of sp³-hybridized carbons (Fsp3) is 0.674. The molecule has 11 atom stereocenters. The number of carbonyl (C=O) groups excluding carboxylic acids is 9. The van der Waals surface area contributed by atoms with Gasteiger partial charge < -0.3 is 57.1 Å². The maximum absolute atomic E-state index is 14.9. The van der Waals surface area contributed by atoms with Crippen molar-refractivity contribution in [1.82, 2.24) is 36.4 Å². The van der Waals surface area contributed by atoms with E-state index in [1.165, 1.54) is 26.1 Å². The molecule has 0 aromatic heterocycles. The number of hydrogen-bond donors (Lipinski definition) is 8. The number of aromatic hydroxyl groups is 1. The number of likely N-dealkylation sites (N-methyl/N-ethyl adjacent to an activating group) is 1. The number of phenolic OH excluding ortho intramolecular Hbond substituents is 1. The van der Waals surface area contributed by atoms with Crippen LogP contribution in [0, 0.1) is 23.7 Å². The van der Waals surface area contributed by atoms with Gasteiger partial charge in [0.1, 0.15) is 60.4 Å². The van der Waals surface area contributed by atoms with Crippen LogP contribution in [-0.4, -0.2) is 135 Å². The van der Waals surface area contributed by atoms with Crippen molar-refractivity contribution in [2.24, 2.45) is 29.4 Å². The minimum absolute atomic E-state index is 0.0226. The number of nitrogens with zero attached hydrogens (tertiary/aromatic N) is 2. The third-order valence-corrected chi connectivity index (χ3v) is 12.4. The molecule has 368 valence electrons. The Labute approximate surface area is 387 Å². The zero-order valence-electron chi connectivity index (χ0n) is 39.9. The average molecular weight is 929 g/mol. The Morgan fingerprint density at radius 2 is 1.47 bits per heavy atom. The van der Waals surface area contributed by atoms with Crippen molar-refractivity contribution in [1.29, 1.82) is 0 Å². The summed E-state index contributed by atoms with van der Waals surface area (Å²) in [4.78, 5) is 128. The molecule has 8 amide bonds. The van der Waals surface area contributed by atoms with Gasteiger partial charge in [0.15, 0.2) is 0 Å². The van der Waals surface area contributed by atoms with Gasteiger partial charge in [0.25, 0.3) is 0 Å². The Morgan fingerprint density at radius 3 is 2.03 bits per heavy atom. The molecule has 2 bridgehead atoms. The molecule has 2 aliphatic rings. The van der Waals surface area contributed by atoms with Crippen molar-refractivity contribution < 1.29 is 58.1 Å². The first-order valence-corrected chi connectivity index (χ1v) is 23.0. The molecule has 9 N–H and O–H groups in total. The highest BCUT2D eigenvalue weighted by molar-refractivity contribution is 5.98. The molecular weight excluding hydrogens is 857 g/mol. The Morgan fingerprint density at radius 1 is 0.848 bits per heavy atom. The molecule has 2 heterocycles. The largest absolute Gasteiger partial charge is 0.508 e. The number of phenols is 1. The van der Waals surface area contributed by atoms with E-state index in [1.54, 1.807) is 67.5 Å². The molecule has 2 saturated heterocycles. The van der Waals surface area contributed by atoms with E-state index < -0.39 is 126 Å². The number of rotatable bonds is 15. The van der Waals surface area contributed by atoms with E-state index in [9.17, 15) is 53.4 Å². The summed E-state index contributed by atoms with van der Waals surface area (Å²) in [6, 6.07) is -3.79. The summed E-state index contributed by atoms with van der Waals surface area (Å²) in [7, 11) is 1.38. The van der Waals surface area contributed by atoms with E-state index in [2.05, 4.69) is 26.6 Å². The van der Waals surface area contributed by atoms with E-state index in [0.717, 1.165) is 9.80 Å². The molecular formula is C46H72N8O12. The number of primary amides is 1. The lowest BCUT2D eigenvalue weighted by Crippen LogP contribution is -2.66. The van der Waals surface area contributed by atoms with E-state index in [-0.39, 0.29) is 50.2 Å². The average Bonchev–Trinajstić information content (AvgIpc) is 3.25. The summed E-state index contributed by atoms with van der Waals surface area (Å²) in [5.41, 5.74) is 5.90. The van der Waals surface area contributed by atoms with Crippen LogP contribution in [0.5, 0.6) is 5.75 Å². The molecule has 1 aromatic rings. The lowest BCUT2D eigenvalue weighted by molar-refractivity contribution is -0.168. The van der Waals surface area contributed by atoms with Crippen molar-refractivity contribution in [2.75, 3.05) is 7.05 Å². The van der Waals surface area contributed by atoms with Gasteiger partial charge in [-0.2, -0.15) is 0 Å². The SMILES string of the molecule is CC[C@H](C)[C@@H]1NC(=O)[C@H](Cc2ccc(O)cc2)N(C)C(=O)[C@H]([C@@H](C)CC)N2C(=O)[C@H](CC[C@H]2O)NC(=O)[C@H](CC(C)C)NC(=O)[C@@H](NC(=O)C(CCC(N)=O)NC(=O)C(C)C)[C@@H](C)OC1=O. The van der Waals surface area contributed by atoms with Crippen molar-refractivity contribution in [3.05, 3.63) is 29.8 Å². The second-order valence-electron chi connectivity index (χ2n) is 18.4. The van der Waals surface area contributed by atoms with Gasteiger partial charge in [-0.3, -0.25) is 38.4 Å². The second kappa shape index (κ2) is 24.7. The first-order chi connectivity index (χ1) is 30.9. The number of cyclic esters (lactones) is 1. The predicted octanol–water partition coefficient (Wildman–Crippen LogP) is 0.500.